The average Bonchev–Trinajstić information content (AvgIpc) is 2.38. The van der Waals surface area contributed by atoms with Crippen molar-refractivity contribution in [1.29, 1.82) is 0 Å². The van der Waals surface area contributed by atoms with Crippen LogP contribution in [0.1, 0.15) is 33.6 Å². The van der Waals surface area contributed by atoms with E-state index < -0.39 is 42.0 Å². The minimum atomic E-state index is -3.22. The Balaban J connectivity index is 2.62. The van der Waals surface area contributed by atoms with Gasteiger partial charge in [-0.15, -0.1) is 0 Å². The molecule has 0 unspecified atom stereocenters. The van der Waals surface area contributed by atoms with Crippen LogP contribution in [0.2, 0.25) is 0 Å². The highest BCUT2D eigenvalue weighted by atomic mass is 19.3. The van der Waals surface area contributed by atoms with E-state index in [2.05, 4.69) is 0 Å². The van der Waals surface area contributed by atoms with Gasteiger partial charge in [-0.2, -0.15) is 0 Å². The maximum atomic E-state index is 13.5. The summed E-state index contributed by atoms with van der Waals surface area (Å²) in [5.41, 5.74) is -0.788. The van der Waals surface area contributed by atoms with E-state index in [1.807, 2.05) is 5.32 Å². The molecule has 0 radical (unpaired) electrons. The first-order valence-corrected chi connectivity index (χ1v) is 5.61. The molecule has 104 valence electrons. The molecule has 5 nitrogen and oxygen atoms in total. The Kier molecular flexibility index (Phi) is 3.83. The molecular formula is C11H17F2NO4. The number of hydrogen-bond donors (Lipinski definition) is 2. The fourth-order valence-electron chi connectivity index (χ4n) is 1.81. The van der Waals surface area contributed by atoms with Crippen LogP contribution >= 0.6 is 0 Å². The Morgan fingerprint density at radius 1 is 1.39 bits per heavy atom. The molecule has 1 aliphatic carbocycles. The SMILES string of the molecule is CC(C)(C)OC(=O)N[C@@H]1C[C@H](C(=O)O)CC1(F)F. The lowest BCUT2D eigenvalue weighted by molar-refractivity contribution is -0.142. The van der Waals surface area contributed by atoms with Gasteiger partial charge in [0.1, 0.15) is 5.60 Å². The van der Waals surface area contributed by atoms with Crippen LogP contribution in [0.4, 0.5) is 13.6 Å². The first-order chi connectivity index (χ1) is 8.01. The van der Waals surface area contributed by atoms with Gasteiger partial charge < -0.3 is 15.2 Å². The van der Waals surface area contributed by atoms with Gasteiger partial charge in [-0.05, 0) is 27.2 Å². The minimum absolute atomic E-state index is 0.290. The van der Waals surface area contributed by atoms with Crippen LogP contribution in [0.5, 0.6) is 0 Å². The molecule has 0 heterocycles. The average molecular weight is 265 g/mol. The van der Waals surface area contributed by atoms with E-state index in [0.29, 0.717) is 0 Å². The number of aliphatic carboxylic acids is 1. The lowest BCUT2D eigenvalue weighted by Crippen LogP contribution is -2.45. The van der Waals surface area contributed by atoms with E-state index in [1.165, 1.54) is 0 Å². The van der Waals surface area contributed by atoms with Crippen LogP contribution in [0.25, 0.3) is 0 Å². The molecule has 1 rings (SSSR count). The third-order valence-corrected chi connectivity index (χ3v) is 2.59. The van der Waals surface area contributed by atoms with E-state index >= 15 is 0 Å². The van der Waals surface area contributed by atoms with Gasteiger partial charge in [-0.3, -0.25) is 4.79 Å². The number of alkyl carbamates (subject to hydrolysis) is 1. The van der Waals surface area contributed by atoms with E-state index in [9.17, 15) is 18.4 Å². The van der Waals surface area contributed by atoms with E-state index in [4.69, 9.17) is 9.84 Å². The lowest BCUT2D eigenvalue weighted by Gasteiger charge is -2.24. The highest BCUT2D eigenvalue weighted by Crippen LogP contribution is 2.39. The number of amides is 1. The third kappa shape index (κ3) is 3.82. The summed E-state index contributed by atoms with van der Waals surface area (Å²) >= 11 is 0. The van der Waals surface area contributed by atoms with Crippen LogP contribution in [0.3, 0.4) is 0 Å². The second-order valence-electron chi connectivity index (χ2n) is 5.43. The van der Waals surface area contributed by atoms with Gasteiger partial charge in [0.15, 0.2) is 0 Å². The third-order valence-electron chi connectivity index (χ3n) is 2.59. The summed E-state index contributed by atoms with van der Waals surface area (Å²) in [6, 6.07) is -1.49. The first-order valence-electron chi connectivity index (χ1n) is 5.61. The van der Waals surface area contributed by atoms with Crippen molar-refractivity contribution in [3.63, 3.8) is 0 Å². The van der Waals surface area contributed by atoms with Gasteiger partial charge in [0, 0.05) is 6.42 Å². The number of carbonyl (C=O) groups is 2. The van der Waals surface area contributed by atoms with Crippen LogP contribution in [-0.2, 0) is 9.53 Å². The maximum absolute atomic E-state index is 13.5. The Morgan fingerprint density at radius 2 is 1.94 bits per heavy atom. The van der Waals surface area contributed by atoms with Crippen LogP contribution in [-0.4, -0.2) is 34.7 Å². The van der Waals surface area contributed by atoms with E-state index in [1.54, 1.807) is 20.8 Å². The van der Waals surface area contributed by atoms with Crippen LogP contribution in [0.15, 0.2) is 0 Å². The van der Waals surface area contributed by atoms with Gasteiger partial charge in [-0.1, -0.05) is 0 Å². The number of halogens is 2. The van der Waals surface area contributed by atoms with Crippen LogP contribution < -0.4 is 5.32 Å². The molecule has 0 spiro atoms. The van der Waals surface area contributed by atoms with E-state index in [0.717, 1.165) is 0 Å². The zero-order valence-electron chi connectivity index (χ0n) is 10.5. The number of carboxylic acid groups (broad SMARTS) is 1. The fraction of sp³-hybridized carbons (Fsp3) is 0.818. The van der Waals surface area contributed by atoms with Gasteiger partial charge in [0.2, 0.25) is 0 Å². The molecule has 0 aromatic rings. The molecular weight excluding hydrogens is 248 g/mol. The second-order valence-corrected chi connectivity index (χ2v) is 5.43. The molecule has 1 fully saturated rings. The Morgan fingerprint density at radius 3 is 2.33 bits per heavy atom. The molecule has 7 heteroatoms. The molecule has 0 bridgehead atoms. The quantitative estimate of drug-likeness (QED) is 0.800. The zero-order chi connectivity index (χ0) is 14.1. The number of carboxylic acids is 1. The second kappa shape index (κ2) is 4.70. The molecule has 0 aliphatic heterocycles. The summed E-state index contributed by atoms with van der Waals surface area (Å²) in [5.74, 6) is -5.64. The molecule has 1 amide bonds. The summed E-state index contributed by atoms with van der Waals surface area (Å²) in [4.78, 5) is 22.0. The normalized spacial score (nSPS) is 26.7. The number of carbonyl (C=O) groups excluding carboxylic acids is 1. The Bertz CT molecular complexity index is 351. The molecule has 0 saturated heterocycles. The standard InChI is InChI=1S/C11H17F2NO4/c1-10(2,3)18-9(17)14-7-4-6(8(15)16)5-11(7,12)13/h6-7H,4-5H2,1-3H3,(H,14,17)(H,15,16)/t6-,7+/m0/s1. The smallest absolute Gasteiger partial charge is 0.408 e. The zero-order valence-corrected chi connectivity index (χ0v) is 10.5. The van der Waals surface area contributed by atoms with Gasteiger partial charge in [0.05, 0.1) is 12.0 Å². The molecule has 1 aliphatic rings. The molecule has 0 aromatic heterocycles. The molecule has 2 N–H and O–H groups in total. The summed E-state index contributed by atoms with van der Waals surface area (Å²) < 4.78 is 31.8. The van der Waals surface area contributed by atoms with E-state index in [-0.39, 0.29) is 6.42 Å². The van der Waals surface area contributed by atoms with Crippen molar-refractivity contribution < 1.29 is 28.2 Å². The van der Waals surface area contributed by atoms with Gasteiger partial charge >= 0.3 is 12.1 Å². The summed E-state index contributed by atoms with van der Waals surface area (Å²) in [6.07, 6.45) is -2.01. The molecule has 1 saturated carbocycles. The molecule has 2 atom stereocenters. The molecule has 18 heavy (non-hydrogen) atoms. The maximum Gasteiger partial charge on any atom is 0.408 e. The number of nitrogens with one attached hydrogen (secondary N) is 1. The Labute approximate surface area is 103 Å². The number of ether oxygens (including phenoxy) is 1. The first kappa shape index (κ1) is 14.7. The van der Waals surface area contributed by atoms with Crippen molar-refractivity contribution in [2.24, 2.45) is 5.92 Å². The van der Waals surface area contributed by atoms with Crippen molar-refractivity contribution >= 4 is 12.1 Å². The summed E-state index contributed by atoms with van der Waals surface area (Å²) in [5, 5.41) is 10.7. The van der Waals surface area contributed by atoms with Crippen molar-refractivity contribution in [3.8, 4) is 0 Å². The van der Waals surface area contributed by atoms with Crippen molar-refractivity contribution in [1.82, 2.24) is 5.32 Å². The predicted molar refractivity (Wildman–Crippen MR) is 58.5 cm³/mol. The van der Waals surface area contributed by atoms with Crippen molar-refractivity contribution in [2.75, 3.05) is 0 Å². The Hall–Kier alpha value is -1.40. The topological polar surface area (TPSA) is 75.6 Å². The van der Waals surface area contributed by atoms with Crippen LogP contribution in [0, 0.1) is 5.92 Å². The largest absolute Gasteiger partial charge is 0.481 e. The highest BCUT2D eigenvalue weighted by Gasteiger charge is 2.52. The number of alkyl halides is 2. The summed E-state index contributed by atoms with van der Waals surface area (Å²) in [6.45, 7) is 4.83. The number of hydrogen-bond acceptors (Lipinski definition) is 3. The number of rotatable bonds is 2. The lowest BCUT2D eigenvalue weighted by atomic mass is 10.1. The minimum Gasteiger partial charge on any atom is -0.481 e. The fourth-order valence-corrected chi connectivity index (χ4v) is 1.81. The van der Waals surface area contributed by atoms with Gasteiger partial charge in [-0.25, -0.2) is 13.6 Å². The highest BCUT2D eigenvalue weighted by molar-refractivity contribution is 5.72. The molecule has 0 aromatic carbocycles. The van der Waals surface area contributed by atoms with Gasteiger partial charge in [0.25, 0.3) is 5.92 Å². The monoisotopic (exact) mass is 265 g/mol. The van der Waals surface area contributed by atoms with Crippen molar-refractivity contribution in [3.05, 3.63) is 0 Å². The summed E-state index contributed by atoms with van der Waals surface area (Å²) in [7, 11) is 0. The van der Waals surface area contributed by atoms with Crippen molar-refractivity contribution in [2.45, 2.75) is 51.2 Å². The predicted octanol–water partition coefficient (Wildman–Crippen LogP) is 2.01.